The molecule has 1 unspecified atom stereocenters. The molecule has 88 valence electrons. The molecule has 1 spiro atoms. The molecule has 2 fully saturated rings. The summed E-state index contributed by atoms with van der Waals surface area (Å²) in [7, 11) is -2.85. The van der Waals surface area contributed by atoms with Gasteiger partial charge in [0.1, 0.15) is 0 Å². The van der Waals surface area contributed by atoms with E-state index in [9.17, 15) is 4.57 Å². The van der Waals surface area contributed by atoms with E-state index in [1.807, 2.05) is 13.8 Å². The molecule has 0 aliphatic heterocycles. The van der Waals surface area contributed by atoms with Gasteiger partial charge in [0.15, 0.2) is 0 Å². The van der Waals surface area contributed by atoms with Gasteiger partial charge >= 0.3 is 7.60 Å². The minimum absolute atomic E-state index is 0.115. The summed E-state index contributed by atoms with van der Waals surface area (Å²) in [6, 6.07) is 0.298. The molecule has 2 aliphatic rings. The minimum Gasteiger partial charge on any atom is -0.328 e. The third-order valence-electron chi connectivity index (χ3n) is 3.48. The van der Waals surface area contributed by atoms with E-state index >= 15 is 0 Å². The van der Waals surface area contributed by atoms with Gasteiger partial charge in [0, 0.05) is 6.04 Å². The summed E-state index contributed by atoms with van der Waals surface area (Å²) in [6.07, 6.45) is 2.95. The average molecular weight is 233 g/mol. The van der Waals surface area contributed by atoms with Crippen molar-refractivity contribution in [2.24, 2.45) is 11.1 Å². The molecule has 0 amide bonds. The van der Waals surface area contributed by atoms with Crippen molar-refractivity contribution in [2.75, 3.05) is 13.2 Å². The minimum atomic E-state index is -2.85. The lowest BCUT2D eigenvalue weighted by Crippen LogP contribution is -2.39. The molecule has 0 aromatic carbocycles. The average Bonchev–Trinajstić information content (AvgIpc) is 2.81. The van der Waals surface area contributed by atoms with Crippen LogP contribution in [0, 0.1) is 5.41 Å². The summed E-state index contributed by atoms with van der Waals surface area (Å²) in [5.41, 5.74) is 6.10. The Balaban J connectivity index is 1.99. The van der Waals surface area contributed by atoms with Crippen LogP contribution in [0.2, 0.25) is 0 Å². The fraction of sp³-hybridized carbons (Fsp3) is 1.00. The Hall–Kier alpha value is 0.110. The van der Waals surface area contributed by atoms with Gasteiger partial charge in [-0.3, -0.25) is 4.57 Å². The Morgan fingerprint density at radius 3 is 2.20 bits per heavy atom. The van der Waals surface area contributed by atoms with Crippen LogP contribution < -0.4 is 5.73 Å². The van der Waals surface area contributed by atoms with Gasteiger partial charge in [-0.05, 0) is 38.5 Å². The highest BCUT2D eigenvalue weighted by atomic mass is 31.2. The normalized spacial score (nSPS) is 39.1. The number of nitrogens with two attached hydrogens (primary N) is 1. The Morgan fingerprint density at radius 2 is 1.80 bits per heavy atom. The Kier molecular flexibility index (Phi) is 2.97. The zero-order chi connectivity index (χ0) is 11.1. The van der Waals surface area contributed by atoms with Crippen LogP contribution in [0.1, 0.15) is 33.1 Å². The molecule has 0 bridgehead atoms. The first-order valence-corrected chi connectivity index (χ1v) is 7.32. The van der Waals surface area contributed by atoms with Crippen molar-refractivity contribution in [3.05, 3.63) is 0 Å². The largest absolute Gasteiger partial charge is 0.334 e. The van der Waals surface area contributed by atoms with Crippen LogP contribution >= 0.6 is 7.60 Å². The summed E-state index contributed by atoms with van der Waals surface area (Å²) >= 11 is 0. The Morgan fingerprint density at radius 1 is 1.27 bits per heavy atom. The third-order valence-corrected chi connectivity index (χ3v) is 6.21. The van der Waals surface area contributed by atoms with Gasteiger partial charge in [0.05, 0.1) is 18.9 Å². The predicted molar refractivity (Wildman–Crippen MR) is 58.9 cm³/mol. The maximum atomic E-state index is 12.4. The van der Waals surface area contributed by atoms with Crippen molar-refractivity contribution >= 4 is 7.60 Å². The maximum absolute atomic E-state index is 12.4. The predicted octanol–water partition coefficient (Wildman–Crippen LogP) is 2.13. The lowest BCUT2D eigenvalue weighted by atomic mass is 9.77. The molecule has 0 aromatic rings. The van der Waals surface area contributed by atoms with E-state index in [0.29, 0.717) is 19.3 Å². The molecule has 0 aromatic heterocycles. The molecule has 0 saturated heterocycles. The Labute approximate surface area is 91.0 Å². The summed E-state index contributed by atoms with van der Waals surface area (Å²) in [5, 5.41) is 0. The highest BCUT2D eigenvalue weighted by Crippen LogP contribution is 2.76. The molecule has 4 nitrogen and oxygen atoms in total. The van der Waals surface area contributed by atoms with Gasteiger partial charge in [0.2, 0.25) is 0 Å². The number of rotatable bonds is 5. The molecule has 2 saturated carbocycles. The standard InChI is InChI=1S/C10H20NO3P/c1-3-13-15(12,14-4-2)9-7-10(9)5-8(11)6-10/h8-9H,3-7,11H2,1-2H3. The molecule has 0 heterocycles. The topological polar surface area (TPSA) is 61.5 Å². The summed E-state index contributed by atoms with van der Waals surface area (Å²) in [6.45, 7) is 4.62. The summed E-state index contributed by atoms with van der Waals surface area (Å²) < 4.78 is 23.1. The van der Waals surface area contributed by atoms with Gasteiger partial charge in [-0.15, -0.1) is 0 Å². The van der Waals surface area contributed by atoms with Crippen molar-refractivity contribution in [2.45, 2.75) is 44.8 Å². The SMILES string of the molecule is CCOP(=O)(OCC)C1CC12CC(N)C2. The van der Waals surface area contributed by atoms with E-state index in [2.05, 4.69) is 0 Å². The van der Waals surface area contributed by atoms with E-state index < -0.39 is 7.60 Å². The van der Waals surface area contributed by atoms with Crippen LogP contribution in [-0.4, -0.2) is 24.9 Å². The van der Waals surface area contributed by atoms with Crippen LogP contribution in [-0.2, 0) is 13.6 Å². The summed E-state index contributed by atoms with van der Waals surface area (Å²) in [5.74, 6) is 0. The third kappa shape index (κ3) is 1.89. The lowest BCUT2D eigenvalue weighted by Gasteiger charge is -2.35. The van der Waals surface area contributed by atoms with E-state index in [1.54, 1.807) is 0 Å². The van der Waals surface area contributed by atoms with Gasteiger partial charge < -0.3 is 14.8 Å². The van der Waals surface area contributed by atoms with Crippen LogP contribution in [0.5, 0.6) is 0 Å². The highest BCUT2D eigenvalue weighted by molar-refractivity contribution is 7.55. The zero-order valence-electron chi connectivity index (χ0n) is 9.44. The van der Waals surface area contributed by atoms with Crippen LogP contribution in [0.3, 0.4) is 0 Å². The molecule has 2 N–H and O–H groups in total. The van der Waals surface area contributed by atoms with E-state index in [0.717, 1.165) is 19.3 Å². The second kappa shape index (κ2) is 3.85. The second-order valence-corrected chi connectivity index (χ2v) is 6.85. The monoisotopic (exact) mass is 233 g/mol. The van der Waals surface area contributed by atoms with Gasteiger partial charge in [-0.1, -0.05) is 0 Å². The molecular formula is C10H20NO3P. The van der Waals surface area contributed by atoms with Crippen LogP contribution in [0.25, 0.3) is 0 Å². The van der Waals surface area contributed by atoms with Crippen molar-refractivity contribution < 1.29 is 13.6 Å². The number of hydrogen-bond donors (Lipinski definition) is 1. The number of hydrogen-bond acceptors (Lipinski definition) is 4. The van der Waals surface area contributed by atoms with Crippen molar-refractivity contribution in [3.8, 4) is 0 Å². The lowest BCUT2D eigenvalue weighted by molar-refractivity contribution is 0.196. The first-order chi connectivity index (χ1) is 7.06. The van der Waals surface area contributed by atoms with E-state index in [4.69, 9.17) is 14.8 Å². The molecule has 0 radical (unpaired) electrons. The molecule has 5 heteroatoms. The highest BCUT2D eigenvalue weighted by Gasteiger charge is 2.68. The molecule has 1 atom stereocenters. The van der Waals surface area contributed by atoms with Crippen molar-refractivity contribution in [1.82, 2.24) is 0 Å². The molecule has 2 aliphatic carbocycles. The Bertz CT molecular complexity index is 278. The molecule has 15 heavy (non-hydrogen) atoms. The van der Waals surface area contributed by atoms with E-state index in [1.165, 1.54) is 0 Å². The molecule has 2 rings (SSSR count). The van der Waals surface area contributed by atoms with Crippen molar-refractivity contribution in [1.29, 1.82) is 0 Å². The smallest absolute Gasteiger partial charge is 0.328 e. The quantitative estimate of drug-likeness (QED) is 0.739. The van der Waals surface area contributed by atoms with Gasteiger partial charge in [-0.2, -0.15) is 0 Å². The fourth-order valence-corrected chi connectivity index (χ4v) is 5.40. The van der Waals surface area contributed by atoms with Crippen molar-refractivity contribution in [3.63, 3.8) is 0 Å². The maximum Gasteiger partial charge on any atom is 0.334 e. The molecular weight excluding hydrogens is 213 g/mol. The van der Waals surface area contributed by atoms with Crippen LogP contribution in [0.15, 0.2) is 0 Å². The fourth-order valence-electron chi connectivity index (χ4n) is 2.77. The second-order valence-electron chi connectivity index (χ2n) is 4.63. The first-order valence-electron chi connectivity index (χ1n) is 5.70. The van der Waals surface area contributed by atoms with Crippen LogP contribution in [0.4, 0.5) is 0 Å². The first kappa shape index (κ1) is 11.6. The van der Waals surface area contributed by atoms with E-state index in [-0.39, 0.29) is 11.1 Å². The summed E-state index contributed by atoms with van der Waals surface area (Å²) in [4.78, 5) is 0. The van der Waals surface area contributed by atoms with Gasteiger partial charge in [-0.25, -0.2) is 0 Å². The zero-order valence-corrected chi connectivity index (χ0v) is 10.3. The van der Waals surface area contributed by atoms with Gasteiger partial charge in [0.25, 0.3) is 0 Å².